The van der Waals surface area contributed by atoms with Gasteiger partial charge in [-0.3, -0.25) is 9.89 Å². The maximum Gasteiger partial charge on any atom is 0.273 e. The van der Waals surface area contributed by atoms with Crippen molar-refractivity contribution in [3.05, 3.63) is 101 Å². The van der Waals surface area contributed by atoms with Crippen LogP contribution in [0.2, 0.25) is 0 Å². The fourth-order valence-electron chi connectivity index (χ4n) is 4.54. The van der Waals surface area contributed by atoms with Gasteiger partial charge in [-0.1, -0.05) is 66.2 Å². The van der Waals surface area contributed by atoms with Gasteiger partial charge in [-0.15, -0.1) is 0 Å². The zero-order valence-electron chi connectivity index (χ0n) is 19.5. The third kappa shape index (κ3) is 3.81. The number of amides is 1. The molecule has 6 heteroatoms. The third-order valence-corrected chi connectivity index (χ3v) is 6.19. The van der Waals surface area contributed by atoms with E-state index in [2.05, 4.69) is 41.4 Å². The van der Waals surface area contributed by atoms with Crippen molar-refractivity contribution in [2.45, 2.75) is 26.4 Å². The Hall–Kier alpha value is -4.06. The summed E-state index contributed by atoms with van der Waals surface area (Å²) in [6, 6.07) is 23.8. The fraction of sp³-hybridized carbons (Fsp3) is 0.214. The topological polar surface area (TPSA) is 67.5 Å². The first-order valence-corrected chi connectivity index (χ1v) is 11.4. The van der Waals surface area contributed by atoms with Crippen LogP contribution in [0.1, 0.15) is 45.7 Å². The van der Waals surface area contributed by atoms with Gasteiger partial charge in [0, 0.05) is 17.7 Å². The highest BCUT2D eigenvalue weighted by atomic mass is 16.5. The lowest BCUT2D eigenvalue weighted by Crippen LogP contribution is -2.29. The van der Waals surface area contributed by atoms with Crippen molar-refractivity contribution in [1.82, 2.24) is 15.1 Å². The van der Waals surface area contributed by atoms with Gasteiger partial charge in [-0.05, 0) is 37.1 Å². The van der Waals surface area contributed by atoms with E-state index >= 15 is 0 Å². The first-order valence-electron chi connectivity index (χ1n) is 11.4. The maximum atomic E-state index is 13.6. The van der Waals surface area contributed by atoms with Crippen molar-refractivity contribution >= 4 is 5.91 Å². The Morgan fingerprint density at radius 3 is 2.47 bits per heavy atom. The second kappa shape index (κ2) is 9.06. The van der Waals surface area contributed by atoms with Crippen molar-refractivity contribution in [2.24, 2.45) is 0 Å². The number of aromatic nitrogens is 2. The number of benzene rings is 3. The summed E-state index contributed by atoms with van der Waals surface area (Å²) < 4.78 is 11.3. The molecule has 0 radical (unpaired) electrons. The first-order chi connectivity index (χ1) is 16.6. The van der Waals surface area contributed by atoms with E-state index in [1.807, 2.05) is 60.4 Å². The first kappa shape index (κ1) is 21.8. The van der Waals surface area contributed by atoms with Gasteiger partial charge in [-0.25, -0.2) is 0 Å². The summed E-state index contributed by atoms with van der Waals surface area (Å²) in [5.74, 6) is 1.25. The van der Waals surface area contributed by atoms with Crippen LogP contribution in [0.15, 0.2) is 72.8 Å². The van der Waals surface area contributed by atoms with Gasteiger partial charge >= 0.3 is 0 Å². The molecule has 4 aromatic rings. The van der Waals surface area contributed by atoms with Crippen LogP contribution >= 0.6 is 0 Å². The highest BCUT2D eigenvalue weighted by Crippen LogP contribution is 2.45. The molecular weight excluding hydrogens is 426 g/mol. The van der Waals surface area contributed by atoms with E-state index in [9.17, 15) is 4.79 Å². The number of fused-ring (bicyclic) bond motifs is 1. The number of hydrogen-bond acceptors (Lipinski definition) is 4. The molecule has 1 aliphatic rings. The van der Waals surface area contributed by atoms with E-state index in [4.69, 9.17) is 9.47 Å². The van der Waals surface area contributed by atoms with Gasteiger partial charge in [-0.2, -0.15) is 5.10 Å². The molecule has 0 saturated carbocycles. The van der Waals surface area contributed by atoms with E-state index in [1.54, 1.807) is 7.11 Å². The second-order valence-electron chi connectivity index (χ2n) is 8.39. The molecule has 6 nitrogen and oxygen atoms in total. The predicted molar refractivity (Wildman–Crippen MR) is 131 cm³/mol. The Labute approximate surface area is 199 Å². The number of methoxy groups -OCH3 is 1. The number of nitrogens with zero attached hydrogens (tertiary/aromatic N) is 2. The molecule has 1 atom stereocenters. The average molecular weight is 454 g/mol. The number of ether oxygens (including phenoxy) is 2. The number of aryl methyl sites for hydroxylation is 1. The van der Waals surface area contributed by atoms with Gasteiger partial charge < -0.3 is 14.4 Å². The maximum absolute atomic E-state index is 13.6. The standard InChI is InChI=1S/C28H27N3O3/c1-4-34-22-15-14-21(16-23(22)33-3)27-24-25(20-8-6-5-7-9-20)29-30-26(24)28(32)31(27)17-19-12-10-18(2)11-13-19/h5-16,27H,4,17H2,1-3H3,(H,29,30). The SMILES string of the molecule is CCOc1ccc(C2c3c(-c4ccccc4)n[nH]c3C(=O)N2Cc2ccc(C)cc2)cc1OC. The van der Waals surface area contributed by atoms with Crippen LogP contribution in [0.5, 0.6) is 11.5 Å². The predicted octanol–water partition coefficient (Wildman–Crippen LogP) is 5.54. The van der Waals surface area contributed by atoms with Gasteiger partial charge in [0.1, 0.15) is 5.69 Å². The summed E-state index contributed by atoms with van der Waals surface area (Å²) in [7, 11) is 1.63. The van der Waals surface area contributed by atoms with Crippen LogP contribution in [0, 0.1) is 6.92 Å². The number of rotatable bonds is 7. The fourth-order valence-corrected chi connectivity index (χ4v) is 4.54. The number of hydrogen-bond donors (Lipinski definition) is 1. The monoisotopic (exact) mass is 453 g/mol. The Morgan fingerprint density at radius 2 is 1.76 bits per heavy atom. The normalized spacial score (nSPS) is 14.9. The highest BCUT2D eigenvalue weighted by Gasteiger charge is 2.42. The largest absolute Gasteiger partial charge is 0.493 e. The van der Waals surface area contributed by atoms with Crippen LogP contribution in [-0.4, -0.2) is 34.7 Å². The van der Waals surface area contributed by atoms with E-state index < -0.39 is 0 Å². The Balaban J connectivity index is 1.64. The number of aromatic amines is 1. The summed E-state index contributed by atoms with van der Waals surface area (Å²) in [6.45, 7) is 5.02. The van der Waals surface area contributed by atoms with Crippen molar-refractivity contribution < 1.29 is 14.3 Å². The molecule has 1 N–H and O–H groups in total. The molecule has 1 unspecified atom stereocenters. The Bertz CT molecular complexity index is 1310. The summed E-state index contributed by atoms with van der Waals surface area (Å²) in [4.78, 5) is 15.5. The lowest BCUT2D eigenvalue weighted by atomic mass is 9.95. The zero-order chi connectivity index (χ0) is 23.7. The molecule has 34 heavy (non-hydrogen) atoms. The summed E-state index contributed by atoms with van der Waals surface area (Å²) in [5, 5.41) is 7.57. The molecule has 1 aromatic heterocycles. The molecule has 0 spiro atoms. The summed E-state index contributed by atoms with van der Waals surface area (Å²) in [5.41, 5.74) is 6.36. The molecule has 172 valence electrons. The number of nitrogens with one attached hydrogen (secondary N) is 1. The lowest BCUT2D eigenvalue weighted by Gasteiger charge is -2.27. The van der Waals surface area contributed by atoms with E-state index in [0.29, 0.717) is 30.3 Å². The molecule has 3 aromatic carbocycles. The molecule has 0 fully saturated rings. The molecule has 1 aliphatic heterocycles. The van der Waals surface area contributed by atoms with Crippen LogP contribution in [0.4, 0.5) is 0 Å². The molecule has 1 amide bonds. The summed E-state index contributed by atoms with van der Waals surface area (Å²) in [6.07, 6.45) is 0. The third-order valence-electron chi connectivity index (χ3n) is 6.19. The number of carbonyl (C=O) groups excluding carboxylic acids is 1. The van der Waals surface area contributed by atoms with Gasteiger partial charge in [0.2, 0.25) is 0 Å². The van der Waals surface area contributed by atoms with E-state index in [-0.39, 0.29) is 11.9 Å². The molecule has 0 bridgehead atoms. The van der Waals surface area contributed by atoms with Gasteiger partial charge in [0.25, 0.3) is 5.91 Å². The quantitative estimate of drug-likeness (QED) is 0.399. The molecule has 2 heterocycles. The average Bonchev–Trinajstić information content (AvgIpc) is 3.41. The van der Waals surface area contributed by atoms with Crippen LogP contribution in [0.3, 0.4) is 0 Å². The van der Waals surface area contributed by atoms with Crippen LogP contribution in [-0.2, 0) is 6.54 Å². The number of carbonyl (C=O) groups is 1. The second-order valence-corrected chi connectivity index (χ2v) is 8.39. The molecular formula is C28H27N3O3. The minimum Gasteiger partial charge on any atom is -0.493 e. The van der Waals surface area contributed by atoms with E-state index in [1.165, 1.54) is 5.56 Å². The molecule has 0 saturated heterocycles. The Kier molecular flexibility index (Phi) is 5.80. The van der Waals surface area contributed by atoms with Crippen molar-refractivity contribution in [3.63, 3.8) is 0 Å². The van der Waals surface area contributed by atoms with Crippen LogP contribution in [0.25, 0.3) is 11.3 Å². The van der Waals surface area contributed by atoms with Crippen LogP contribution < -0.4 is 9.47 Å². The summed E-state index contributed by atoms with van der Waals surface area (Å²) >= 11 is 0. The van der Waals surface area contributed by atoms with Crippen molar-refractivity contribution in [1.29, 1.82) is 0 Å². The Morgan fingerprint density at radius 1 is 1.00 bits per heavy atom. The van der Waals surface area contributed by atoms with Crippen molar-refractivity contribution in [3.8, 4) is 22.8 Å². The highest BCUT2D eigenvalue weighted by molar-refractivity contribution is 6.00. The number of H-pyrrole nitrogens is 1. The van der Waals surface area contributed by atoms with Crippen molar-refractivity contribution in [2.75, 3.05) is 13.7 Å². The van der Waals surface area contributed by atoms with E-state index in [0.717, 1.165) is 27.9 Å². The van der Waals surface area contributed by atoms with Gasteiger partial charge in [0.05, 0.1) is 25.5 Å². The minimum absolute atomic E-state index is 0.0666. The smallest absolute Gasteiger partial charge is 0.273 e. The molecule has 0 aliphatic carbocycles. The zero-order valence-corrected chi connectivity index (χ0v) is 19.5. The van der Waals surface area contributed by atoms with Gasteiger partial charge in [0.15, 0.2) is 11.5 Å². The minimum atomic E-state index is -0.317. The lowest BCUT2D eigenvalue weighted by molar-refractivity contribution is 0.0730. The molecule has 5 rings (SSSR count).